The number of non-ortho nitro benzene ring substituents is 1. The number of oxime groups is 1. The van der Waals surface area contributed by atoms with Gasteiger partial charge >= 0.3 is 0 Å². The molecule has 0 radical (unpaired) electrons. The largest absolute Gasteiger partial charge is 0.492 e. The molecule has 1 amide bonds. The van der Waals surface area contributed by atoms with Gasteiger partial charge in [-0.1, -0.05) is 30.1 Å². The number of likely N-dealkylation sites (N-methyl/N-ethyl adjacent to an activating group) is 1. The van der Waals surface area contributed by atoms with Gasteiger partial charge in [-0.05, 0) is 85.1 Å². The second-order valence-electron chi connectivity index (χ2n) is 14.8. The smallest absolute Gasteiger partial charge is 0.269 e. The number of aliphatic hydroxyl groups is 2. The van der Waals surface area contributed by atoms with E-state index in [-0.39, 0.29) is 55.6 Å². The second kappa shape index (κ2) is 18.4. The van der Waals surface area contributed by atoms with Crippen LogP contribution in [-0.2, 0) is 14.4 Å². The lowest BCUT2D eigenvalue weighted by Gasteiger charge is -2.59. The third kappa shape index (κ3) is 8.96. The fraction of sp³-hybridized carbons (Fsp3) is 0.524. The first kappa shape index (κ1) is 40.1. The molecule has 0 spiro atoms. The topological polar surface area (TPSA) is 156 Å². The standard InChI is InChI=1S/C42H54N4O9/c1-4-24-54-42-38(44(2)39(49)18-13-29-11-14-31(15-12-29)46(50)51)28-36(43-52-3)34-26-30(9-5-7-22-47)33(10-6-8-23-48)40(41(34)42)35-27-32(16-17-37(35)55-42)53-25-21-45-19-20-45/h4,11-18,26-27,30,33,38,40-41,47-48H,1,5-10,19-25,28H2,2-3H3/t30-,33+,38-,40+,41+,42+/m0/s1. The number of ether oxygens (including phenoxy) is 3. The van der Waals surface area contributed by atoms with Crippen LogP contribution in [0.5, 0.6) is 11.5 Å². The number of benzene rings is 2. The number of unbranched alkanes of at least 4 members (excludes halogenated alkanes) is 2. The number of carbonyl (C=O) groups excluding carboxylic acids is 1. The highest BCUT2D eigenvalue weighted by Crippen LogP contribution is 2.61. The summed E-state index contributed by atoms with van der Waals surface area (Å²) in [5.41, 5.74) is 3.28. The molecule has 0 aromatic heterocycles. The van der Waals surface area contributed by atoms with Gasteiger partial charge in [-0.3, -0.25) is 19.8 Å². The number of rotatable bonds is 20. The summed E-state index contributed by atoms with van der Waals surface area (Å²) in [7, 11) is 3.25. The zero-order chi connectivity index (χ0) is 39.0. The number of amides is 1. The third-order valence-electron chi connectivity index (χ3n) is 11.4. The summed E-state index contributed by atoms with van der Waals surface area (Å²) in [5, 5.41) is 35.3. The number of fused-ring (bicyclic) bond motifs is 2. The van der Waals surface area contributed by atoms with E-state index in [4.69, 9.17) is 19.0 Å². The first-order chi connectivity index (χ1) is 26.7. The van der Waals surface area contributed by atoms with Crippen molar-refractivity contribution in [1.29, 1.82) is 0 Å². The first-order valence-corrected chi connectivity index (χ1v) is 19.4. The van der Waals surface area contributed by atoms with E-state index in [1.54, 1.807) is 36.2 Å². The third-order valence-corrected chi connectivity index (χ3v) is 11.4. The first-order valence-electron chi connectivity index (χ1n) is 19.4. The van der Waals surface area contributed by atoms with Gasteiger partial charge in [-0.25, -0.2) is 0 Å². The number of nitrogens with zero attached hydrogens (tertiary/aromatic N) is 4. The van der Waals surface area contributed by atoms with Crippen molar-refractivity contribution in [2.45, 2.75) is 62.7 Å². The van der Waals surface area contributed by atoms with Crippen LogP contribution < -0.4 is 9.47 Å². The van der Waals surface area contributed by atoms with Crippen molar-refractivity contribution in [3.63, 3.8) is 0 Å². The van der Waals surface area contributed by atoms with Gasteiger partial charge in [0.15, 0.2) is 0 Å². The number of allylic oxidation sites excluding steroid dienone is 1. The van der Waals surface area contributed by atoms with Gasteiger partial charge in [0.2, 0.25) is 11.7 Å². The summed E-state index contributed by atoms with van der Waals surface area (Å²) in [6.07, 6.45) is 12.1. The van der Waals surface area contributed by atoms with E-state index >= 15 is 0 Å². The van der Waals surface area contributed by atoms with Crippen LogP contribution in [0, 0.1) is 27.9 Å². The Bertz CT molecular complexity index is 1760. The molecule has 1 saturated carbocycles. The highest BCUT2D eigenvalue weighted by Gasteiger charge is 2.65. The molecule has 4 aliphatic rings. The zero-order valence-corrected chi connectivity index (χ0v) is 31.9. The zero-order valence-electron chi connectivity index (χ0n) is 31.9. The average molecular weight is 759 g/mol. The second-order valence-corrected chi connectivity index (χ2v) is 14.8. The summed E-state index contributed by atoms with van der Waals surface area (Å²) >= 11 is 0. The van der Waals surface area contributed by atoms with Gasteiger partial charge in [-0.15, -0.1) is 6.58 Å². The minimum absolute atomic E-state index is 0.0325. The predicted octanol–water partition coefficient (Wildman–Crippen LogP) is 5.72. The van der Waals surface area contributed by atoms with Gasteiger partial charge in [0.25, 0.3) is 5.69 Å². The van der Waals surface area contributed by atoms with Crippen molar-refractivity contribution in [1.82, 2.24) is 9.80 Å². The van der Waals surface area contributed by atoms with Crippen LogP contribution in [0.2, 0.25) is 0 Å². The van der Waals surface area contributed by atoms with Gasteiger partial charge in [-0.2, -0.15) is 0 Å². The van der Waals surface area contributed by atoms with Crippen LogP contribution in [0.25, 0.3) is 6.08 Å². The summed E-state index contributed by atoms with van der Waals surface area (Å²) in [5.74, 6) is -0.589. The minimum Gasteiger partial charge on any atom is -0.492 e. The number of nitro benzene ring substituents is 1. The van der Waals surface area contributed by atoms with Crippen molar-refractivity contribution < 1.29 is 39.0 Å². The van der Waals surface area contributed by atoms with Crippen molar-refractivity contribution in [3.8, 4) is 11.5 Å². The lowest BCUT2D eigenvalue weighted by atomic mass is 9.55. The fourth-order valence-corrected chi connectivity index (χ4v) is 8.66. The maximum absolute atomic E-state index is 14.1. The van der Waals surface area contributed by atoms with E-state index in [1.165, 1.54) is 25.3 Å². The number of aliphatic hydroxyl groups excluding tert-OH is 2. The molecule has 6 rings (SSSR count). The summed E-state index contributed by atoms with van der Waals surface area (Å²) in [4.78, 5) is 34.3. The van der Waals surface area contributed by atoms with Crippen LogP contribution in [-0.4, -0.2) is 109 Å². The summed E-state index contributed by atoms with van der Waals surface area (Å²) < 4.78 is 20.4. The van der Waals surface area contributed by atoms with Gasteiger partial charge in [0, 0.05) is 76.0 Å². The van der Waals surface area contributed by atoms with E-state index in [9.17, 15) is 25.1 Å². The molecule has 0 bridgehead atoms. The maximum atomic E-state index is 14.1. The Morgan fingerprint density at radius 1 is 1.13 bits per heavy atom. The maximum Gasteiger partial charge on any atom is 0.269 e. The van der Waals surface area contributed by atoms with Crippen molar-refractivity contribution >= 4 is 23.4 Å². The highest BCUT2D eigenvalue weighted by molar-refractivity contribution is 6.03. The Kier molecular flexibility index (Phi) is 13.4. The van der Waals surface area contributed by atoms with Crippen molar-refractivity contribution in [2.75, 3.05) is 60.2 Å². The Morgan fingerprint density at radius 3 is 2.55 bits per heavy atom. The predicted molar refractivity (Wildman–Crippen MR) is 209 cm³/mol. The molecule has 2 aromatic carbocycles. The van der Waals surface area contributed by atoms with E-state index in [2.05, 4.69) is 28.8 Å². The molecule has 6 atom stereocenters. The summed E-state index contributed by atoms with van der Waals surface area (Å²) in [6, 6.07) is 11.3. The van der Waals surface area contributed by atoms with Crippen molar-refractivity contribution in [2.24, 2.45) is 22.9 Å². The van der Waals surface area contributed by atoms with E-state index in [0.29, 0.717) is 36.5 Å². The molecule has 296 valence electrons. The molecule has 1 saturated heterocycles. The fourth-order valence-electron chi connectivity index (χ4n) is 8.66. The van der Waals surface area contributed by atoms with Crippen molar-refractivity contribution in [3.05, 3.63) is 94.1 Å². The van der Waals surface area contributed by atoms with Gasteiger partial charge in [0.05, 0.1) is 23.2 Å². The quantitative estimate of drug-likeness (QED) is 0.0428. The number of nitro groups is 1. The molecule has 2 aromatic rings. The molecule has 13 nitrogen and oxygen atoms in total. The number of carbonyl (C=O) groups is 1. The molecule has 2 N–H and O–H groups in total. The Labute approximate surface area is 323 Å². The van der Waals surface area contributed by atoms with Crippen LogP contribution in [0.15, 0.2) is 78.0 Å². The minimum atomic E-state index is -1.36. The highest BCUT2D eigenvalue weighted by atomic mass is 16.7. The Morgan fingerprint density at radius 2 is 1.87 bits per heavy atom. The molecule has 13 heteroatoms. The molecular formula is C42H54N4O9. The van der Waals surface area contributed by atoms with Crippen LogP contribution in [0.1, 0.15) is 62.0 Å². The average Bonchev–Trinajstić information content (AvgIpc) is 4.02. The van der Waals surface area contributed by atoms with E-state index in [1.807, 2.05) is 12.1 Å². The molecule has 2 fully saturated rings. The molecule has 2 heterocycles. The van der Waals surface area contributed by atoms with Crippen LogP contribution >= 0.6 is 0 Å². The van der Waals surface area contributed by atoms with Gasteiger partial charge in [0.1, 0.15) is 31.3 Å². The molecule has 0 unspecified atom stereocenters. The Hall–Kier alpha value is -4.56. The van der Waals surface area contributed by atoms with E-state index < -0.39 is 22.7 Å². The van der Waals surface area contributed by atoms with E-state index in [0.717, 1.165) is 62.2 Å². The molecule has 2 aliphatic carbocycles. The lowest BCUT2D eigenvalue weighted by Crippen LogP contribution is -2.69. The lowest BCUT2D eigenvalue weighted by molar-refractivity contribution is -0.384. The van der Waals surface area contributed by atoms with Crippen LogP contribution in [0.3, 0.4) is 0 Å². The number of hydrogen-bond acceptors (Lipinski definition) is 11. The summed E-state index contributed by atoms with van der Waals surface area (Å²) in [6.45, 7) is 7.97. The molecule has 55 heavy (non-hydrogen) atoms. The monoisotopic (exact) mass is 758 g/mol. The van der Waals surface area contributed by atoms with Gasteiger partial charge < -0.3 is 34.2 Å². The molecular weight excluding hydrogens is 704 g/mol. The molecule has 2 aliphatic heterocycles. The normalized spacial score (nSPS) is 26.1. The van der Waals surface area contributed by atoms with Crippen LogP contribution in [0.4, 0.5) is 5.69 Å². The Balaban J connectivity index is 1.46. The SMILES string of the molecule is C=CCO[C@@]12Oc3ccc(OCCN4CC4)cc3[C@H]3[C@H](CCCCO)[C@@H](CCCCO)C=C(C(=NOC)C[C@@H]1N(C)C(=O)C=Cc1ccc([N+](=O)[O-])cc1)[C@H]32. The number of hydrogen-bond donors (Lipinski definition) is 2.